The second-order valence-electron chi connectivity index (χ2n) is 3.76. The molecular weight excluding hydrogens is 200 g/mol. The van der Waals surface area contributed by atoms with Gasteiger partial charge in [-0.2, -0.15) is 0 Å². The van der Waals surface area contributed by atoms with Crippen molar-refractivity contribution in [3.8, 4) is 11.5 Å². The molecule has 0 atom stereocenters. The highest BCUT2D eigenvalue weighted by molar-refractivity contribution is 5.48. The third-order valence-corrected chi connectivity index (χ3v) is 2.29. The van der Waals surface area contributed by atoms with Gasteiger partial charge < -0.3 is 10.5 Å². The van der Waals surface area contributed by atoms with E-state index in [4.69, 9.17) is 10.5 Å². The molecule has 0 aliphatic carbocycles. The van der Waals surface area contributed by atoms with Crippen molar-refractivity contribution in [2.45, 2.75) is 13.8 Å². The van der Waals surface area contributed by atoms with Crippen LogP contribution >= 0.6 is 0 Å². The van der Waals surface area contributed by atoms with Crippen LogP contribution in [0.5, 0.6) is 11.5 Å². The van der Waals surface area contributed by atoms with E-state index < -0.39 is 0 Å². The first-order chi connectivity index (χ1) is 7.65. The second kappa shape index (κ2) is 4.23. The summed E-state index contributed by atoms with van der Waals surface area (Å²) >= 11 is 0. The minimum Gasteiger partial charge on any atom is -0.457 e. The highest BCUT2D eigenvalue weighted by Crippen LogP contribution is 2.26. The Balaban J connectivity index is 2.27. The number of benzene rings is 1. The molecule has 0 saturated heterocycles. The lowest BCUT2D eigenvalue weighted by molar-refractivity contribution is 0.478. The molecule has 0 saturated carbocycles. The molecule has 0 fully saturated rings. The van der Waals surface area contributed by atoms with E-state index in [2.05, 4.69) is 4.98 Å². The quantitative estimate of drug-likeness (QED) is 0.781. The number of aryl methyl sites for hydroxylation is 2. The van der Waals surface area contributed by atoms with Gasteiger partial charge >= 0.3 is 0 Å². The molecule has 2 aromatic rings. The molecule has 3 heteroatoms. The number of pyridine rings is 1. The number of aromatic nitrogens is 1. The van der Waals surface area contributed by atoms with E-state index in [9.17, 15) is 0 Å². The van der Waals surface area contributed by atoms with Gasteiger partial charge in [-0.05, 0) is 43.7 Å². The summed E-state index contributed by atoms with van der Waals surface area (Å²) in [6.07, 6.45) is 1.73. The number of anilines is 1. The molecule has 0 spiro atoms. The number of nitrogens with zero attached hydrogens (tertiary/aromatic N) is 1. The molecule has 1 heterocycles. The third-order valence-electron chi connectivity index (χ3n) is 2.29. The van der Waals surface area contributed by atoms with Crippen LogP contribution in [0.2, 0.25) is 0 Å². The Morgan fingerprint density at radius 3 is 2.62 bits per heavy atom. The lowest BCUT2D eigenvalue weighted by atomic mass is 10.2. The van der Waals surface area contributed by atoms with Gasteiger partial charge in [0.1, 0.15) is 11.5 Å². The van der Waals surface area contributed by atoms with Crippen molar-refractivity contribution < 1.29 is 4.74 Å². The van der Waals surface area contributed by atoms with E-state index in [1.807, 2.05) is 44.2 Å². The summed E-state index contributed by atoms with van der Waals surface area (Å²) < 4.78 is 5.75. The predicted octanol–water partition coefficient (Wildman–Crippen LogP) is 3.07. The van der Waals surface area contributed by atoms with E-state index in [1.54, 1.807) is 6.20 Å². The summed E-state index contributed by atoms with van der Waals surface area (Å²) in [5, 5.41) is 0. The molecule has 82 valence electrons. The summed E-state index contributed by atoms with van der Waals surface area (Å²) in [7, 11) is 0. The molecule has 1 aromatic carbocycles. The van der Waals surface area contributed by atoms with Gasteiger partial charge in [-0.3, -0.25) is 4.98 Å². The molecular formula is C13H14N2O. The summed E-state index contributed by atoms with van der Waals surface area (Å²) in [5.74, 6) is 1.61. The van der Waals surface area contributed by atoms with Gasteiger partial charge in [0.2, 0.25) is 0 Å². The number of hydrogen-bond acceptors (Lipinski definition) is 3. The van der Waals surface area contributed by atoms with Crippen LogP contribution in [0.1, 0.15) is 11.3 Å². The first kappa shape index (κ1) is 10.5. The van der Waals surface area contributed by atoms with Gasteiger partial charge in [0.15, 0.2) is 0 Å². The maximum absolute atomic E-state index is 5.75. The van der Waals surface area contributed by atoms with Crippen molar-refractivity contribution in [1.82, 2.24) is 4.98 Å². The van der Waals surface area contributed by atoms with Crippen LogP contribution in [-0.2, 0) is 0 Å². The molecule has 3 nitrogen and oxygen atoms in total. The molecule has 0 unspecified atom stereocenters. The van der Waals surface area contributed by atoms with E-state index in [0.29, 0.717) is 0 Å². The normalized spacial score (nSPS) is 10.1. The molecule has 0 bridgehead atoms. The van der Waals surface area contributed by atoms with E-state index in [-0.39, 0.29) is 0 Å². The van der Waals surface area contributed by atoms with E-state index in [0.717, 1.165) is 28.4 Å². The number of rotatable bonds is 2. The Morgan fingerprint density at radius 2 is 1.94 bits per heavy atom. The van der Waals surface area contributed by atoms with Crippen LogP contribution in [0, 0.1) is 13.8 Å². The summed E-state index contributed by atoms with van der Waals surface area (Å²) in [5.41, 5.74) is 8.38. The van der Waals surface area contributed by atoms with Gasteiger partial charge in [-0.15, -0.1) is 0 Å². The topological polar surface area (TPSA) is 48.1 Å². The number of nitrogen functional groups attached to an aromatic ring is 1. The molecule has 0 amide bonds. The number of hydrogen-bond donors (Lipinski definition) is 1. The summed E-state index contributed by atoms with van der Waals surface area (Å²) in [6, 6.07) is 9.33. The van der Waals surface area contributed by atoms with Gasteiger partial charge in [-0.1, -0.05) is 0 Å². The highest BCUT2D eigenvalue weighted by Gasteiger charge is 2.01. The Hall–Kier alpha value is -2.03. The molecule has 0 aliphatic rings. The number of nitrogens with two attached hydrogens (primary N) is 1. The predicted molar refractivity (Wildman–Crippen MR) is 64.6 cm³/mol. The van der Waals surface area contributed by atoms with Gasteiger partial charge in [0.25, 0.3) is 0 Å². The maximum Gasteiger partial charge on any atom is 0.130 e. The Labute approximate surface area is 94.9 Å². The second-order valence-corrected chi connectivity index (χ2v) is 3.76. The molecule has 0 aliphatic heterocycles. The van der Waals surface area contributed by atoms with Crippen molar-refractivity contribution in [1.29, 1.82) is 0 Å². The molecule has 16 heavy (non-hydrogen) atoms. The fourth-order valence-corrected chi connectivity index (χ4v) is 1.50. The molecule has 2 N–H and O–H groups in total. The lowest BCUT2D eigenvalue weighted by Crippen LogP contribution is -1.91. The largest absolute Gasteiger partial charge is 0.457 e. The van der Waals surface area contributed by atoms with Crippen LogP contribution in [0.4, 0.5) is 5.69 Å². The molecule has 0 radical (unpaired) electrons. The average Bonchev–Trinajstić information content (AvgIpc) is 2.22. The zero-order chi connectivity index (χ0) is 11.5. The lowest BCUT2D eigenvalue weighted by Gasteiger charge is -2.09. The van der Waals surface area contributed by atoms with Crippen LogP contribution in [-0.4, -0.2) is 4.98 Å². The van der Waals surface area contributed by atoms with Gasteiger partial charge in [0, 0.05) is 23.6 Å². The Morgan fingerprint density at radius 1 is 1.12 bits per heavy atom. The molecule has 2 rings (SSSR count). The van der Waals surface area contributed by atoms with Crippen molar-refractivity contribution in [2.75, 3.05) is 5.73 Å². The smallest absolute Gasteiger partial charge is 0.130 e. The number of ether oxygens (including phenoxy) is 1. The Bertz CT molecular complexity index is 509. The Kier molecular flexibility index (Phi) is 2.77. The van der Waals surface area contributed by atoms with E-state index >= 15 is 0 Å². The van der Waals surface area contributed by atoms with Crippen molar-refractivity contribution in [3.05, 3.63) is 47.8 Å². The minimum absolute atomic E-state index is 0.746. The average molecular weight is 214 g/mol. The first-order valence-electron chi connectivity index (χ1n) is 5.12. The van der Waals surface area contributed by atoms with Crippen LogP contribution < -0.4 is 10.5 Å². The van der Waals surface area contributed by atoms with Crippen LogP contribution in [0.25, 0.3) is 0 Å². The molecule has 1 aromatic heterocycles. The minimum atomic E-state index is 0.746. The summed E-state index contributed by atoms with van der Waals surface area (Å²) in [6.45, 7) is 3.91. The fraction of sp³-hybridized carbons (Fsp3) is 0.154. The van der Waals surface area contributed by atoms with E-state index in [1.165, 1.54) is 0 Å². The van der Waals surface area contributed by atoms with Crippen molar-refractivity contribution in [3.63, 3.8) is 0 Å². The SMILES string of the molecule is Cc1cc(Oc2ccc(N)cc2C)ccn1. The highest BCUT2D eigenvalue weighted by atomic mass is 16.5. The standard InChI is InChI=1S/C13H14N2O/c1-9-7-11(14)3-4-13(9)16-12-5-6-15-10(2)8-12/h3-8H,14H2,1-2H3. The maximum atomic E-state index is 5.75. The third kappa shape index (κ3) is 2.31. The van der Waals surface area contributed by atoms with Crippen molar-refractivity contribution >= 4 is 5.69 Å². The zero-order valence-corrected chi connectivity index (χ0v) is 9.40. The first-order valence-corrected chi connectivity index (χ1v) is 5.12. The van der Waals surface area contributed by atoms with Gasteiger partial charge in [-0.25, -0.2) is 0 Å². The van der Waals surface area contributed by atoms with Crippen LogP contribution in [0.3, 0.4) is 0 Å². The zero-order valence-electron chi connectivity index (χ0n) is 9.40. The fourth-order valence-electron chi connectivity index (χ4n) is 1.50. The monoisotopic (exact) mass is 214 g/mol. The summed E-state index contributed by atoms with van der Waals surface area (Å²) in [4.78, 5) is 4.12. The van der Waals surface area contributed by atoms with Gasteiger partial charge in [0.05, 0.1) is 0 Å². The van der Waals surface area contributed by atoms with Crippen molar-refractivity contribution in [2.24, 2.45) is 0 Å². The van der Waals surface area contributed by atoms with Crippen LogP contribution in [0.15, 0.2) is 36.5 Å².